The summed E-state index contributed by atoms with van der Waals surface area (Å²) in [5, 5.41) is 12.0. The van der Waals surface area contributed by atoms with Crippen molar-refractivity contribution in [3.63, 3.8) is 0 Å². The highest BCUT2D eigenvalue weighted by Crippen LogP contribution is 2.22. The minimum absolute atomic E-state index is 0.0695. The van der Waals surface area contributed by atoms with Crippen molar-refractivity contribution < 1.29 is 27.5 Å². The van der Waals surface area contributed by atoms with Gasteiger partial charge >= 0.3 is 0 Å². The van der Waals surface area contributed by atoms with Crippen LogP contribution in [0.1, 0.15) is 42.4 Å². The van der Waals surface area contributed by atoms with Crippen molar-refractivity contribution in [2.45, 2.75) is 56.0 Å². The Hall–Kier alpha value is -3.60. The molecular formula is C32H38FN3O5S. The summed E-state index contributed by atoms with van der Waals surface area (Å²) in [6.07, 6.45) is 2.83. The fourth-order valence-corrected chi connectivity index (χ4v) is 6.57. The summed E-state index contributed by atoms with van der Waals surface area (Å²) in [6, 6.07) is 21.0. The second-order valence-corrected chi connectivity index (χ2v) is 12.4. The third-order valence-corrected chi connectivity index (χ3v) is 9.34. The lowest BCUT2D eigenvalue weighted by Gasteiger charge is -2.31. The minimum atomic E-state index is -3.53. The highest BCUT2D eigenvalue weighted by Gasteiger charge is 2.30. The lowest BCUT2D eigenvalue weighted by molar-refractivity contribution is -0.141. The number of nitrogens with one attached hydrogen (secondary N) is 1. The molecule has 3 aromatic carbocycles. The van der Waals surface area contributed by atoms with Crippen LogP contribution in [0.15, 0.2) is 83.8 Å². The fraction of sp³-hybridized carbons (Fsp3) is 0.375. The highest BCUT2D eigenvalue weighted by molar-refractivity contribution is 7.89. The number of hydrogen-bond acceptors (Lipinski definition) is 5. The molecule has 0 spiro atoms. The maximum Gasteiger partial charge on any atom is 0.243 e. The molecule has 0 unspecified atom stereocenters. The summed E-state index contributed by atoms with van der Waals surface area (Å²) in [7, 11) is -3.53. The number of carbonyl (C=O) groups is 2. The number of aliphatic hydroxyl groups is 1. The molecule has 1 aliphatic heterocycles. The summed E-state index contributed by atoms with van der Waals surface area (Å²) in [4.78, 5) is 29.0. The molecule has 1 atom stereocenters. The average Bonchev–Trinajstić information content (AvgIpc) is 3.56. The van der Waals surface area contributed by atoms with Crippen LogP contribution < -0.4 is 5.32 Å². The zero-order valence-electron chi connectivity index (χ0n) is 23.6. The maximum absolute atomic E-state index is 13.8. The van der Waals surface area contributed by atoms with Gasteiger partial charge in [-0.25, -0.2) is 12.8 Å². The number of nitrogens with zero attached hydrogens (tertiary/aromatic N) is 2. The van der Waals surface area contributed by atoms with Crippen LogP contribution in [0.5, 0.6) is 0 Å². The molecule has 10 heteroatoms. The van der Waals surface area contributed by atoms with E-state index in [4.69, 9.17) is 0 Å². The molecule has 1 heterocycles. The van der Waals surface area contributed by atoms with E-state index in [9.17, 15) is 27.5 Å². The van der Waals surface area contributed by atoms with Crippen LogP contribution in [0.25, 0.3) is 0 Å². The average molecular weight is 596 g/mol. The van der Waals surface area contributed by atoms with Crippen molar-refractivity contribution in [1.29, 1.82) is 0 Å². The van der Waals surface area contributed by atoms with Gasteiger partial charge in [-0.15, -0.1) is 0 Å². The molecule has 42 heavy (non-hydrogen) atoms. The minimum Gasteiger partial charge on any atom is -0.396 e. The number of hydrogen-bond donors (Lipinski definition) is 2. The first-order valence-electron chi connectivity index (χ1n) is 14.3. The van der Waals surface area contributed by atoms with Crippen LogP contribution >= 0.6 is 0 Å². The molecule has 1 aliphatic rings. The Labute approximate surface area is 247 Å². The van der Waals surface area contributed by atoms with Gasteiger partial charge in [0.15, 0.2) is 0 Å². The summed E-state index contributed by atoms with van der Waals surface area (Å²) in [5.74, 6) is -0.986. The standard InChI is InChI=1S/C32H38FN3O5S/c33-28-14-9-27(10-15-28)24-36(30(32(39)34-19-6-22-37)23-26-7-2-1-3-8-26)31(38)18-13-25-11-16-29(17-12-25)42(40,41)35-20-4-5-21-35/h1-3,7-12,14-17,30,37H,4-6,13,18-24H2,(H,34,39)/t30-/m1/s1. The molecule has 2 amide bonds. The Morgan fingerprint density at radius 3 is 2.19 bits per heavy atom. The van der Waals surface area contributed by atoms with Gasteiger partial charge in [0, 0.05) is 45.6 Å². The van der Waals surface area contributed by atoms with Crippen molar-refractivity contribution in [2.24, 2.45) is 0 Å². The fourth-order valence-electron chi connectivity index (χ4n) is 5.05. The second kappa shape index (κ2) is 15.0. The first-order chi connectivity index (χ1) is 20.3. The molecule has 2 N–H and O–H groups in total. The normalized spacial score (nSPS) is 14.4. The largest absolute Gasteiger partial charge is 0.396 e. The van der Waals surface area contributed by atoms with Gasteiger partial charge in [0.1, 0.15) is 11.9 Å². The van der Waals surface area contributed by atoms with E-state index in [-0.39, 0.29) is 49.2 Å². The molecular weight excluding hydrogens is 557 g/mol. The predicted molar refractivity (Wildman–Crippen MR) is 158 cm³/mol. The van der Waals surface area contributed by atoms with Gasteiger partial charge < -0.3 is 15.3 Å². The van der Waals surface area contributed by atoms with Crippen LogP contribution in [0, 0.1) is 5.82 Å². The lowest BCUT2D eigenvalue weighted by atomic mass is 10.0. The van der Waals surface area contributed by atoms with Gasteiger partial charge in [-0.3, -0.25) is 9.59 Å². The van der Waals surface area contributed by atoms with E-state index in [0.717, 1.165) is 24.0 Å². The SMILES string of the molecule is O=C(NCCCO)[C@@H](Cc1ccccc1)N(Cc1ccc(F)cc1)C(=O)CCc1ccc(S(=O)(=O)N2CCCC2)cc1. The maximum atomic E-state index is 13.8. The van der Waals surface area contributed by atoms with Crippen molar-refractivity contribution in [3.05, 3.63) is 101 Å². The van der Waals surface area contributed by atoms with E-state index in [1.807, 2.05) is 30.3 Å². The van der Waals surface area contributed by atoms with Crippen molar-refractivity contribution in [2.75, 3.05) is 26.2 Å². The molecule has 8 nitrogen and oxygen atoms in total. The highest BCUT2D eigenvalue weighted by atomic mass is 32.2. The molecule has 4 rings (SSSR count). The smallest absolute Gasteiger partial charge is 0.243 e. The molecule has 1 fully saturated rings. The van der Waals surface area contributed by atoms with Gasteiger partial charge in [0.25, 0.3) is 0 Å². The number of halogens is 1. The van der Waals surface area contributed by atoms with E-state index < -0.39 is 21.9 Å². The molecule has 1 saturated heterocycles. The van der Waals surface area contributed by atoms with Gasteiger partial charge in [-0.2, -0.15) is 4.31 Å². The van der Waals surface area contributed by atoms with E-state index >= 15 is 0 Å². The summed E-state index contributed by atoms with van der Waals surface area (Å²) in [6.45, 7) is 1.36. The van der Waals surface area contributed by atoms with Crippen LogP contribution in [-0.2, 0) is 39.0 Å². The first kappa shape index (κ1) is 31.3. The van der Waals surface area contributed by atoms with Gasteiger partial charge in [-0.05, 0) is 66.6 Å². The monoisotopic (exact) mass is 595 g/mol. The molecule has 224 valence electrons. The van der Waals surface area contributed by atoms with Crippen LogP contribution in [0.2, 0.25) is 0 Å². The number of carbonyl (C=O) groups excluding carboxylic acids is 2. The molecule has 3 aromatic rings. The van der Waals surface area contributed by atoms with E-state index in [2.05, 4.69) is 5.32 Å². The van der Waals surface area contributed by atoms with Gasteiger partial charge in [0.05, 0.1) is 4.90 Å². The summed E-state index contributed by atoms with van der Waals surface area (Å²) in [5.41, 5.74) is 2.37. The Morgan fingerprint density at radius 2 is 1.55 bits per heavy atom. The zero-order chi connectivity index (χ0) is 30.0. The molecule has 0 radical (unpaired) electrons. The van der Waals surface area contributed by atoms with Crippen molar-refractivity contribution in [1.82, 2.24) is 14.5 Å². The van der Waals surface area contributed by atoms with Crippen molar-refractivity contribution in [3.8, 4) is 0 Å². The number of amides is 2. The molecule has 0 saturated carbocycles. The number of aliphatic hydroxyl groups excluding tert-OH is 1. The van der Waals surface area contributed by atoms with E-state index in [1.54, 1.807) is 36.4 Å². The summed E-state index contributed by atoms with van der Waals surface area (Å²) >= 11 is 0. The predicted octanol–water partition coefficient (Wildman–Crippen LogP) is 3.68. The topological polar surface area (TPSA) is 107 Å². The first-order valence-corrected chi connectivity index (χ1v) is 15.8. The Morgan fingerprint density at radius 1 is 0.905 bits per heavy atom. The second-order valence-electron chi connectivity index (χ2n) is 10.5. The van der Waals surface area contributed by atoms with Crippen LogP contribution in [0.3, 0.4) is 0 Å². The van der Waals surface area contributed by atoms with Crippen molar-refractivity contribution >= 4 is 21.8 Å². The van der Waals surface area contributed by atoms with E-state index in [0.29, 0.717) is 31.5 Å². The van der Waals surface area contributed by atoms with Crippen LogP contribution in [0.4, 0.5) is 4.39 Å². The summed E-state index contributed by atoms with van der Waals surface area (Å²) < 4.78 is 40.9. The third-order valence-electron chi connectivity index (χ3n) is 7.43. The number of rotatable bonds is 14. The number of aryl methyl sites for hydroxylation is 1. The quantitative estimate of drug-likeness (QED) is 0.277. The van der Waals surface area contributed by atoms with Crippen LogP contribution in [-0.4, -0.2) is 66.8 Å². The van der Waals surface area contributed by atoms with E-state index in [1.165, 1.54) is 21.3 Å². The number of benzene rings is 3. The van der Waals surface area contributed by atoms with Gasteiger partial charge in [0.2, 0.25) is 21.8 Å². The molecule has 0 bridgehead atoms. The lowest BCUT2D eigenvalue weighted by Crippen LogP contribution is -2.50. The Kier molecular flexibility index (Phi) is 11.2. The number of sulfonamides is 1. The van der Waals surface area contributed by atoms with Gasteiger partial charge in [-0.1, -0.05) is 54.6 Å². The zero-order valence-corrected chi connectivity index (χ0v) is 24.4. The molecule has 0 aromatic heterocycles. The molecule has 0 aliphatic carbocycles. The third kappa shape index (κ3) is 8.47. The Balaban J connectivity index is 1.54. The Bertz CT molecular complexity index is 1410.